The van der Waals surface area contributed by atoms with E-state index in [-0.39, 0.29) is 11.7 Å². The Kier molecular flexibility index (Phi) is 6.01. The maximum Gasteiger partial charge on any atom is 0.263 e. The number of nitrogens with two attached hydrogens (primary N) is 1. The van der Waals surface area contributed by atoms with E-state index in [2.05, 4.69) is 27.0 Å². The highest BCUT2D eigenvalue weighted by Gasteiger charge is 2.36. The van der Waals surface area contributed by atoms with E-state index in [1.165, 1.54) is 0 Å². The molecular weight excluding hydrogens is 432 g/mol. The number of anilines is 1. The molecule has 2 saturated heterocycles. The third kappa shape index (κ3) is 4.38. The highest BCUT2D eigenvalue weighted by atomic mass is 16.5. The number of aliphatic hydroxyl groups is 1. The van der Waals surface area contributed by atoms with E-state index in [0.29, 0.717) is 37.1 Å². The van der Waals surface area contributed by atoms with Gasteiger partial charge in [0.2, 0.25) is 0 Å². The molecule has 3 N–H and O–H groups in total. The van der Waals surface area contributed by atoms with Crippen LogP contribution in [0.25, 0.3) is 11.3 Å². The number of hydrogen-bond donors (Lipinski definition) is 2. The summed E-state index contributed by atoms with van der Waals surface area (Å²) in [5.74, 6) is 1.03. The van der Waals surface area contributed by atoms with Gasteiger partial charge in [-0.3, -0.25) is 4.68 Å². The van der Waals surface area contributed by atoms with Crippen molar-refractivity contribution in [1.29, 1.82) is 0 Å². The van der Waals surface area contributed by atoms with Crippen molar-refractivity contribution in [1.82, 2.24) is 24.6 Å². The fourth-order valence-electron chi connectivity index (χ4n) is 4.80. The lowest BCUT2D eigenvalue weighted by Crippen LogP contribution is -2.31. The highest BCUT2D eigenvalue weighted by Crippen LogP contribution is 2.37. The molecule has 1 atom stereocenters. The van der Waals surface area contributed by atoms with Gasteiger partial charge in [0.25, 0.3) is 5.88 Å². The number of aromatic nitrogens is 4. The van der Waals surface area contributed by atoms with Crippen molar-refractivity contribution in [2.45, 2.75) is 44.8 Å². The minimum absolute atomic E-state index is 0.211. The number of nitrogens with zero attached hydrogens (tertiary/aromatic N) is 5. The second-order valence-electron chi connectivity index (χ2n) is 9.54. The summed E-state index contributed by atoms with van der Waals surface area (Å²) < 4.78 is 13.5. The lowest BCUT2D eigenvalue weighted by molar-refractivity contribution is 0.0226. The molecule has 0 aliphatic carbocycles. The van der Waals surface area contributed by atoms with Crippen molar-refractivity contribution in [3.63, 3.8) is 0 Å². The molecule has 5 rings (SSSR count). The molecule has 0 amide bonds. The minimum Gasteiger partial charge on any atom is -0.433 e. The van der Waals surface area contributed by atoms with Gasteiger partial charge in [0.15, 0.2) is 11.6 Å². The summed E-state index contributed by atoms with van der Waals surface area (Å²) in [4.78, 5) is 11.3. The van der Waals surface area contributed by atoms with E-state index in [0.717, 1.165) is 48.2 Å². The standard InChI is InChI=1S/C25H32N6O3/c1-16-10-18(11-21(17(16)2)25(32)6-9-33-15-25)22-13-27-23(26)24(29-22)34-20-12-28-31(14-20)19-4-7-30(3)8-5-19/h10-14,19,32H,4-9,15H2,1-3H3,(H2,26,27)/t25-/m0/s1. The molecular formula is C25H32N6O3. The molecule has 180 valence electrons. The first-order valence-electron chi connectivity index (χ1n) is 11.8. The predicted molar refractivity (Wildman–Crippen MR) is 129 cm³/mol. The van der Waals surface area contributed by atoms with Crippen molar-refractivity contribution in [3.8, 4) is 22.9 Å². The normalized spacial score (nSPS) is 21.8. The summed E-state index contributed by atoms with van der Waals surface area (Å²) in [6.07, 6.45) is 7.90. The van der Waals surface area contributed by atoms with Crippen molar-refractivity contribution in [2.75, 3.05) is 39.1 Å². The number of likely N-dealkylation sites (tertiary alicyclic amines) is 1. The van der Waals surface area contributed by atoms with Crippen molar-refractivity contribution in [2.24, 2.45) is 0 Å². The monoisotopic (exact) mass is 464 g/mol. The lowest BCUT2D eigenvalue weighted by Gasteiger charge is -2.28. The third-order valence-corrected chi connectivity index (χ3v) is 7.09. The van der Waals surface area contributed by atoms with Gasteiger partial charge in [-0.25, -0.2) is 9.97 Å². The van der Waals surface area contributed by atoms with Crippen LogP contribution in [0, 0.1) is 13.8 Å². The number of piperidine rings is 1. The molecule has 34 heavy (non-hydrogen) atoms. The molecule has 9 heteroatoms. The molecule has 2 fully saturated rings. The largest absolute Gasteiger partial charge is 0.433 e. The van der Waals surface area contributed by atoms with Crippen LogP contribution in [0.4, 0.5) is 5.82 Å². The maximum absolute atomic E-state index is 11.1. The Hall–Kier alpha value is -3.01. The molecule has 3 aromatic rings. The SMILES string of the molecule is Cc1cc(-c2cnc(N)c(Oc3cnn(C4CCN(C)CC4)c3)n2)cc([C@]2(O)CCOC2)c1C. The van der Waals surface area contributed by atoms with Crippen LogP contribution in [0.3, 0.4) is 0 Å². The number of ether oxygens (including phenoxy) is 2. The van der Waals surface area contributed by atoms with Crippen molar-refractivity contribution < 1.29 is 14.6 Å². The smallest absolute Gasteiger partial charge is 0.263 e. The first-order valence-corrected chi connectivity index (χ1v) is 11.8. The Morgan fingerprint density at radius 2 is 2.00 bits per heavy atom. The van der Waals surface area contributed by atoms with E-state index in [4.69, 9.17) is 15.2 Å². The van der Waals surface area contributed by atoms with Crippen LogP contribution in [0.2, 0.25) is 0 Å². The Morgan fingerprint density at radius 1 is 1.21 bits per heavy atom. The Morgan fingerprint density at radius 3 is 2.74 bits per heavy atom. The number of nitrogen functional groups attached to an aromatic ring is 1. The van der Waals surface area contributed by atoms with Gasteiger partial charge in [-0.2, -0.15) is 5.10 Å². The van der Waals surface area contributed by atoms with Gasteiger partial charge in [0.05, 0.1) is 36.9 Å². The number of hydrogen-bond acceptors (Lipinski definition) is 8. The average molecular weight is 465 g/mol. The summed E-state index contributed by atoms with van der Waals surface area (Å²) >= 11 is 0. The predicted octanol–water partition coefficient (Wildman–Crippen LogP) is 3.21. The van der Waals surface area contributed by atoms with Gasteiger partial charge < -0.3 is 25.2 Å². The van der Waals surface area contributed by atoms with Crippen LogP contribution in [-0.2, 0) is 10.3 Å². The number of rotatable bonds is 5. The van der Waals surface area contributed by atoms with E-state index >= 15 is 0 Å². The third-order valence-electron chi connectivity index (χ3n) is 7.09. The fourth-order valence-corrected chi connectivity index (χ4v) is 4.80. The first-order chi connectivity index (χ1) is 16.3. The lowest BCUT2D eigenvalue weighted by atomic mass is 9.86. The zero-order valence-electron chi connectivity index (χ0n) is 20.0. The quantitative estimate of drug-likeness (QED) is 0.592. The zero-order valence-corrected chi connectivity index (χ0v) is 20.0. The Labute approximate surface area is 199 Å². The van der Waals surface area contributed by atoms with Gasteiger partial charge in [-0.05, 0) is 75.6 Å². The molecule has 4 heterocycles. The number of benzene rings is 1. The van der Waals surface area contributed by atoms with Crippen LogP contribution < -0.4 is 10.5 Å². The molecule has 1 aromatic carbocycles. The van der Waals surface area contributed by atoms with Crippen molar-refractivity contribution >= 4 is 5.82 Å². The van der Waals surface area contributed by atoms with E-state index < -0.39 is 5.60 Å². The van der Waals surface area contributed by atoms with Crippen LogP contribution in [0.5, 0.6) is 11.6 Å². The Balaban J connectivity index is 1.41. The van der Waals surface area contributed by atoms with Crippen LogP contribution in [-0.4, -0.2) is 63.1 Å². The summed E-state index contributed by atoms with van der Waals surface area (Å²) in [6.45, 7) is 7.00. The average Bonchev–Trinajstić information content (AvgIpc) is 3.47. The van der Waals surface area contributed by atoms with Crippen molar-refractivity contribution in [3.05, 3.63) is 47.4 Å². The molecule has 2 aliphatic rings. The van der Waals surface area contributed by atoms with E-state index in [1.807, 2.05) is 36.9 Å². The summed E-state index contributed by atoms with van der Waals surface area (Å²) in [7, 11) is 2.14. The molecule has 2 aromatic heterocycles. The van der Waals surface area contributed by atoms with E-state index in [1.54, 1.807) is 12.4 Å². The van der Waals surface area contributed by atoms with Gasteiger partial charge in [0, 0.05) is 18.6 Å². The fraction of sp³-hybridized carbons (Fsp3) is 0.480. The first kappa shape index (κ1) is 22.8. The molecule has 9 nitrogen and oxygen atoms in total. The molecule has 0 radical (unpaired) electrons. The molecule has 2 aliphatic heterocycles. The van der Waals surface area contributed by atoms with Gasteiger partial charge >= 0.3 is 0 Å². The topological polar surface area (TPSA) is 112 Å². The summed E-state index contributed by atoms with van der Waals surface area (Å²) in [5, 5.41) is 15.6. The van der Waals surface area contributed by atoms with Crippen LogP contribution >= 0.6 is 0 Å². The van der Waals surface area contributed by atoms with Gasteiger partial charge in [0.1, 0.15) is 5.60 Å². The molecule has 0 spiro atoms. The summed E-state index contributed by atoms with van der Waals surface area (Å²) in [6, 6.07) is 4.38. The number of aryl methyl sites for hydroxylation is 1. The molecule has 0 bridgehead atoms. The minimum atomic E-state index is -0.992. The zero-order chi connectivity index (χ0) is 23.9. The second-order valence-corrected chi connectivity index (χ2v) is 9.54. The maximum atomic E-state index is 11.1. The molecule has 0 unspecified atom stereocenters. The Bertz CT molecular complexity index is 1180. The van der Waals surface area contributed by atoms with Crippen LogP contribution in [0.15, 0.2) is 30.7 Å². The van der Waals surface area contributed by atoms with Gasteiger partial charge in [-0.15, -0.1) is 0 Å². The summed E-state index contributed by atoms with van der Waals surface area (Å²) in [5.41, 5.74) is 9.55. The van der Waals surface area contributed by atoms with Crippen LogP contribution in [0.1, 0.15) is 42.0 Å². The van der Waals surface area contributed by atoms with E-state index in [9.17, 15) is 5.11 Å². The highest BCUT2D eigenvalue weighted by molar-refractivity contribution is 5.65. The molecule has 0 saturated carbocycles. The second kappa shape index (κ2) is 8.98. The van der Waals surface area contributed by atoms with Gasteiger partial charge in [-0.1, -0.05) is 0 Å².